The summed E-state index contributed by atoms with van der Waals surface area (Å²) in [4.78, 5) is 32.8. The van der Waals surface area contributed by atoms with Gasteiger partial charge in [0.2, 0.25) is 5.91 Å². The summed E-state index contributed by atoms with van der Waals surface area (Å²) in [6.45, 7) is 5.51. The first-order valence-electron chi connectivity index (χ1n) is 9.59. The van der Waals surface area contributed by atoms with E-state index < -0.39 is 0 Å². The maximum absolute atomic E-state index is 13.3. The van der Waals surface area contributed by atoms with Crippen LogP contribution in [-0.2, 0) is 4.79 Å². The maximum atomic E-state index is 13.3. The van der Waals surface area contributed by atoms with E-state index in [1.165, 1.54) is 11.8 Å². The number of benzene rings is 2. The van der Waals surface area contributed by atoms with Gasteiger partial charge in [-0.25, -0.2) is 4.98 Å². The molecule has 0 aliphatic carbocycles. The number of fused-ring (bicyclic) bond motifs is 1. The first kappa shape index (κ1) is 18.7. The highest BCUT2D eigenvalue weighted by atomic mass is 32.2. The highest BCUT2D eigenvalue weighted by molar-refractivity contribution is 8.00. The van der Waals surface area contributed by atoms with Crippen LogP contribution in [-0.4, -0.2) is 38.7 Å². The molecule has 1 aliphatic rings. The fraction of sp³-hybridized carbons (Fsp3) is 0.318. The Hall–Kier alpha value is -2.60. The topological polar surface area (TPSA) is 55.2 Å². The minimum absolute atomic E-state index is 0.108. The first-order chi connectivity index (χ1) is 13.6. The molecule has 0 saturated carbocycles. The third-order valence-electron chi connectivity index (χ3n) is 5.15. The predicted molar refractivity (Wildman–Crippen MR) is 113 cm³/mol. The Morgan fingerprint density at radius 3 is 2.50 bits per heavy atom. The SMILES string of the molecule is Cc1ccccc1-n1c(S[C@H](C)C(=O)N2CCCC2)nc2ccccc2c1=O. The lowest BCUT2D eigenvalue weighted by molar-refractivity contribution is -0.129. The lowest BCUT2D eigenvalue weighted by Crippen LogP contribution is -2.34. The van der Waals surface area contributed by atoms with Crippen LogP contribution in [0.5, 0.6) is 0 Å². The molecule has 0 spiro atoms. The van der Waals surface area contributed by atoms with E-state index in [9.17, 15) is 9.59 Å². The number of hydrogen-bond acceptors (Lipinski definition) is 4. The molecule has 0 unspecified atom stereocenters. The quantitative estimate of drug-likeness (QED) is 0.500. The summed E-state index contributed by atoms with van der Waals surface area (Å²) >= 11 is 1.36. The molecule has 1 aromatic heterocycles. The summed E-state index contributed by atoms with van der Waals surface area (Å²) in [5, 5.41) is 0.827. The van der Waals surface area contributed by atoms with Crippen LogP contribution in [0.15, 0.2) is 58.5 Å². The average Bonchev–Trinajstić information content (AvgIpc) is 3.23. The van der Waals surface area contributed by atoms with E-state index in [1.807, 2.05) is 61.2 Å². The van der Waals surface area contributed by atoms with Gasteiger partial charge in [-0.05, 0) is 50.5 Å². The van der Waals surface area contributed by atoms with E-state index in [0.29, 0.717) is 16.1 Å². The van der Waals surface area contributed by atoms with Crippen LogP contribution in [0.4, 0.5) is 0 Å². The van der Waals surface area contributed by atoms with Gasteiger partial charge in [-0.15, -0.1) is 0 Å². The van der Waals surface area contributed by atoms with Gasteiger partial charge in [0.25, 0.3) is 5.56 Å². The van der Waals surface area contributed by atoms with Gasteiger partial charge < -0.3 is 4.90 Å². The number of amides is 1. The number of rotatable bonds is 4. The second kappa shape index (κ2) is 7.80. The van der Waals surface area contributed by atoms with Crippen LogP contribution >= 0.6 is 11.8 Å². The maximum Gasteiger partial charge on any atom is 0.266 e. The van der Waals surface area contributed by atoms with Gasteiger partial charge in [-0.1, -0.05) is 42.1 Å². The highest BCUT2D eigenvalue weighted by Crippen LogP contribution is 2.27. The van der Waals surface area contributed by atoms with Crippen molar-refractivity contribution >= 4 is 28.6 Å². The molecule has 5 nitrogen and oxygen atoms in total. The summed E-state index contributed by atoms with van der Waals surface area (Å²) < 4.78 is 1.65. The molecule has 6 heteroatoms. The monoisotopic (exact) mass is 393 g/mol. The van der Waals surface area contributed by atoms with Gasteiger partial charge in [-0.3, -0.25) is 14.2 Å². The Morgan fingerprint density at radius 2 is 1.75 bits per heavy atom. The van der Waals surface area contributed by atoms with Gasteiger partial charge >= 0.3 is 0 Å². The Kier molecular flexibility index (Phi) is 5.22. The van der Waals surface area contributed by atoms with E-state index >= 15 is 0 Å². The Labute approximate surface area is 168 Å². The minimum Gasteiger partial charge on any atom is -0.342 e. The molecule has 1 saturated heterocycles. The van der Waals surface area contributed by atoms with Crippen molar-refractivity contribution in [2.24, 2.45) is 0 Å². The average molecular weight is 394 g/mol. The zero-order valence-electron chi connectivity index (χ0n) is 16.1. The number of nitrogens with zero attached hydrogens (tertiary/aromatic N) is 3. The van der Waals surface area contributed by atoms with Gasteiger partial charge in [-0.2, -0.15) is 0 Å². The normalized spacial score (nSPS) is 15.1. The highest BCUT2D eigenvalue weighted by Gasteiger charge is 2.26. The molecule has 2 aromatic carbocycles. The molecule has 0 radical (unpaired) electrons. The van der Waals surface area contributed by atoms with Gasteiger partial charge in [0.05, 0.1) is 21.8 Å². The Morgan fingerprint density at radius 1 is 1.07 bits per heavy atom. The number of likely N-dealkylation sites (tertiary alicyclic amines) is 1. The summed E-state index contributed by atoms with van der Waals surface area (Å²) in [7, 11) is 0. The van der Waals surface area contributed by atoms with E-state index in [0.717, 1.165) is 37.2 Å². The Balaban J connectivity index is 1.82. The lowest BCUT2D eigenvalue weighted by atomic mass is 10.2. The molecule has 0 N–H and O–H groups in total. The van der Waals surface area contributed by atoms with Crippen molar-refractivity contribution in [3.63, 3.8) is 0 Å². The van der Waals surface area contributed by atoms with Crippen molar-refractivity contribution in [1.29, 1.82) is 0 Å². The first-order valence-corrected chi connectivity index (χ1v) is 10.5. The van der Waals surface area contributed by atoms with Crippen molar-refractivity contribution in [2.75, 3.05) is 13.1 Å². The molecule has 144 valence electrons. The zero-order chi connectivity index (χ0) is 19.7. The molecule has 4 rings (SSSR count). The predicted octanol–water partition coefficient (Wildman–Crippen LogP) is 3.80. The molecule has 0 bridgehead atoms. The molecule has 28 heavy (non-hydrogen) atoms. The number of carbonyl (C=O) groups excluding carboxylic acids is 1. The fourth-order valence-electron chi connectivity index (χ4n) is 3.62. The third-order valence-corrected chi connectivity index (χ3v) is 6.19. The second-order valence-corrected chi connectivity index (χ2v) is 8.44. The summed E-state index contributed by atoms with van der Waals surface area (Å²) in [6.07, 6.45) is 2.12. The van der Waals surface area contributed by atoms with Gasteiger partial charge in [0, 0.05) is 13.1 Å². The number of para-hydroxylation sites is 2. The number of aryl methyl sites for hydroxylation is 1. The standard InChI is InChI=1S/C22H23N3O2S/c1-15-9-3-6-12-19(15)25-21(27)17-10-4-5-11-18(17)23-22(25)28-16(2)20(26)24-13-7-8-14-24/h3-6,9-12,16H,7-8,13-14H2,1-2H3/t16-/m1/s1. The summed E-state index contributed by atoms with van der Waals surface area (Å²) in [5.41, 5.74) is 2.33. The van der Waals surface area contributed by atoms with Crippen LogP contribution in [0.1, 0.15) is 25.3 Å². The van der Waals surface area contributed by atoms with Crippen LogP contribution in [0, 0.1) is 6.92 Å². The number of aromatic nitrogens is 2. The number of hydrogen-bond donors (Lipinski definition) is 0. The van der Waals surface area contributed by atoms with Crippen LogP contribution in [0.3, 0.4) is 0 Å². The largest absolute Gasteiger partial charge is 0.342 e. The molecule has 1 amide bonds. The lowest BCUT2D eigenvalue weighted by Gasteiger charge is -2.21. The van der Waals surface area contributed by atoms with Gasteiger partial charge in [0.15, 0.2) is 5.16 Å². The van der Waals surface area contributed by atoms with Crippen molar-refractivity contribution in [2.45, 2.75) is 37.1 Å². The van der Waals surface area contributed by atoms with Crippen LogP contribution < -0.4 is 5.56 Å². The van der Waals surface area contributed by atoms with Crippen molar-refractivity contribution < 1.29 is 4.79 Å². The van der Waals surface area contributed by atoms with E-state index in [1.54, 1.807) is 10.6 Å². The Bertz CT molecular complexity index is 1090. The zero-order valence-corrected chi connectivity index (χ0v) is 16.9. The molecule has 2 heterocycles. The molecule has 1 atom stereocenters. The molecular formula is C22H23N3O2S. The van der Waals surface area contributed by atoms with Crippen molar-refractivity contribution in [3.8, 4) is 5.69 Å². The second-order valence-electron chi connectivity index (χ2n) is 7.13. The summed E-state index contributed by atoms with van der Waals surface area (Å²) in [5.74, 6) is 0.112. The van der Waals surface area contributed by atoms with E-state index in [2.05, 4.69) is 0 Å². The van der Waals surface area contributed by atoms with E-state index in [-0.39, 0.29) is 16.7 Å². The molecule has 3 aromatic rings. The van der Waals surface area contributed by atoms with Crippen LogP contribution in [0.2, 0.25) is 0 Å². The minimum atomic E-state index is -0.304. The molecule has 1 fully saturated rings. The number of thioether (sulfide) groups is 1. The summed E-state index contributed by atoms with van der Waals surface area (Å²) in [6, 6.07) is 15.1. The van der Waals surface area contributed by atoms with Crippen molar-refractivity contribution in [3.05, 3.63) is 64.4 Å². The molecular weight excluding hydrogens is 370 g/mol. The molecule has 1 aliphatic heterocycles. The smallest absolute Gasteiger partial charge is 0.266 e. The van der Waals surface area contributed by atoms with Crippen molar-refractivity contribution in [1.82, 2.24) is 14.5 Å². The third kappa shape index (κ3) is 3.44. The fourth-order valence-corrected chi connectivity index (χ4v) is 4.63. The van der Waals surface area contributed by atoms with Gasteiger partial charge in [0.1, 0.15) is 0 Å². The van der Waals surface area contributed by atoms with E-state index in [4.69, 9.17) is 4.98 Å². The number of carbonyl (C=O) groups is 1. The van der Waals surface area contributed by atoms with Crippen LogP contribution in [0.25, 0.3) is 16.6 Å².